The normalized spacial score (nSPS) is 20.9. The highest BCUT2D eigenvalue weighted by atomic mass is 16.7. The van der Waals surface area contributed by atoms with Crippen LogP contribution in [0.25, 0.3) is 0 Å². The van der Waals surface area contributed by atoms with Crippen LogP contribution in [0, 0.1) is 6.92 Å². The van der Waals surface area contributed by atoms with Gasteiger partial charge in [-0.25, -0.2) is 0 Å². The number of hydrogen-bond acceptors (Lipinski definition) is 5. The van der Waals surface area contributed by atoms with E-state index in [1.165, 1.54) is 0 Å². The Bertz CT molecular complexity index is 669. The van der Waals surface area contributed by atoms with Gasteiger partial charge in [-0.2, -0.15) is 5.10 Å². The molecule has 1 atom stereocenters. The van der Waals surface area contributed by atoms with E-state index in [1.807, 2.05) is 28.3 Å². The molecule has 0 N–H and O–H groups in total. The van der Waals surface area contributed by atoms with E-state index >= 15 is 0 Å². The Morgan fingerprint density at radius 1 is 1.18 bits per heavy atom. The summed E-state index contributed by atoms with van der Waals surface area (Å²) in [4.78, 5) is 28.6. The molecule has 0 spiro atoms. The summed E-state index contributed by atoms with van der Waals surface area (Å²) >= 11 is 0. The topological polar surface area (TPSA) is 76.9 Å². The van der Waals surface area contributed by atoms with Crippen molar-refractivity contribution in [2.75, 3.05) is 39.4 Å². The Balaban J connectivity index is 1.53. The molecule has 1 aromatic heterocycles. The molecule has 3 heterocycles. The minimum absolute atomic E-state index is 0.00826. The number of carbonyl (C=O) groups excluding carboxylic acids is 2. The molecule has 156 valence electrons. The molecule has 0 aliphatic carbocycles. The van der Waals surface area contributed by atoms with Crippen LogP contribution in [0.1, 0.15) is 55.1 Å². The second kappa shape index (κ2) is 10.0. The van der Waals surface area contributed by atoms with Crippen molar-refractivity contribution in [1.29, 1.82) is 0 Å². The second-order valence-electron chi connectivity index (χ2n) is 7.41. The highest BCUT2D eigenvalue weighted by molar-refractivity contribution is 5.95. The molecule has 0 saturated carbocycles. The first kappa shape index (κ1) is 20.8. The van der Waals surface area contributed by atoms with Gasteiger partial charge in [-0.3, -0.25) is 14.3 Å². The van der Waals surface area contributed by atoms with Crippen molar-refractivity contribution >= 4 is 11.8 Å². The summed E-state index contributed by atoms with van der Waals surface area (Å²) in [5.74, 6) is 0.145. The third kappa shape index (κ3) is 5.11. The van der Waals surface area contributed by atoms with E-state index in [1.54, 1.807) is 6.20 Å². The molecule has 0 bridgehead atoms. The standard InChI is InChI=1S/C20H32N4O4/c1-3-18(25)22-8-6-9-23(11-10-22)20(26)17-15-21-24(16(17)2)12-14-28-19-7-4-5-13-27-19/h15,19H,3-14H2,1-2H3/t19-/m1/s1. The molecule has 3 rings (SSSR count). The van der Waals surface area contributed by atoms with Gasteiger partial charge in [0.25, 0.3) is 5.91 Å². The van der Waals surface area contributed by atoms with Crippen molar-refractivity contribution in [3.05, 3.63) is 17.5 Å². The highest BCUT2D eigenvalue weighted by Gasteiger charge is 2.24. The first-order chi connectivity index (χ1) is 13.6. The zero-order valence-corrected chi connectivity index (χ0v) is 17.1. The van der Waals surface area contributed by atoms with Crippen LogP contribution >= 0.6 is 0 Å². The number of amides is 2. The molecule has 2 amide bonds. The maximum absolute atomic E-state index is 13.0. The lowest BCUT2D eigenvalue weighted by Crippen LogP contribution is -2.37. The smallest absolute Gasteiger partial charge is 0.257 e. The molecule has 28 heavy (non-hydrogen) atoms. The van der Waals surface area contributed by atoms with Crippen molar-refractivity contribution in [3.8, 4) is 0 Å². The van der Waals surface area contributed by atoms with Crippen molar-refractivity contribution in [2.24, 2.45) is 0 Å². The van der Waals surface area contributed by atoms with Gasteiger partial charge in [0.05, 0.1) is 24.9 Å². The van der Waals surface area contributed by atoms with Crippen LogP contribution in [-0.2, 0) is 20.8 Å². The molecule has 1 aromatic rings. The van der Waals surface area contributed by atoms with Crippen LogP contribution in [0.2, 0.25) is 0 Å². The molecular weight excluding hydrogens is 360 g/mol. The third-order valence-corrected chi connectivity index (χ3v) is 5.52. The van der Waals surface area contributed by atoms with E-state index in [2.05, 4.69) is 5.10 Å². The van der Waals surface area contributed by atoms with Gasteiger partial charge in [0.1, 0.15) is 0 Å². The van der Waals surface area contributed by atoms with Crippen LogP contribution in [0.3, 0.4) is 0 Å². The maximum Gasteiger partial charge on any atom is 0.257 e. The van der Waals surface area contributed by atoms with Crippen LogP contribution in [-0.4, -0.2) is 77.1 Å². The predicted octanol–water partition coefficient (Wildman–Crippen LogP) is 1.82. The zero-order chi connectivity index (χ0) is 19.9. The minimum Gasteiger partial charge on any atom is -0.353 e. The summed E-state index contributed by atoms with van der Waals surface area (Å²) in [5, 5.41) is 4.38. The molecule has 0 aromatic carbocycles. The second-order valence-corrected chi connectivity index (χ2v) is 7.41. The number of rotatable bonds is 6. The van der Waals surface area contributed by atoms with Crippen LogP contribution in [0.15, 0.2) is 6.20 Å². The van der Waals surface area contributed by atoms with Crippen molar-refractivity contribution < 1.29 is 19.1 Å². The molecule has 2 fully saturated rings. The fraction of sp³-hybridized carbons (Fsp3) is 0.750. The number of carbonyl (C=O) groups is 2. The van der Waals surface area contributed by atoms with E-state index in [-0.39, 0.29) is 18.1 Å². The molecule has 2 saturated heterocycles. The van der Waals surface area contributed by atoms with E-state index in [9.17, 15) is 9.59 Å². The largest absolute Gasteiger partial charge is 0.353 e. The van der Waals surface area contributed by atoms with Gasteiger partial charge in [-0.05, 0) is 32.6 Å². The summed E-state index contributed by atoms with van der Waals surface area (Å²) in [6.45, 7) is 8.21. The van der Waals surface area contributed by atoms with Gasteiger partial charge in [0.15, 0.2) is 6.29 Å². The Morgan fingerprint density at radius 3 is 2.71 bits per heavy atom. The van der Waals surface area contributed by atoms with Crippen LogP contribution < -0.4 is 0 Å². The summed E-state index contributed by atoms with van der Waals surface area (Å²) in [6.07, 6.45) is 6.03. The van der Waals surface area contributed by atoms with Crippen molar-refractivity contribution in [3.63, 3.8) is 0 Å². The average Bonchev–Trinajstić information content (AvgIpc) is 2.93. The van der Waals surface area contributed by atoms with Gasteiger partial charge in [-0.15, -0.1) is 0 Å². The molecule has 0 unspecified atom stereocenters. The minimum atomic E-state index is -0.114. The molecular formula is C20H32N4O4. The van der Waals surface area contributed by atoms with Crippen LogP contribution in [0.5, 0.6) is 0 Å². The fourth-order valence-corrected chi connectivity index (χ4v) is 3.76. The summed E-state index contributed by atoms with van der Waals surface area (Å²) in [6, 6.07) is 0. The van der Waals surface area contributed by atoms with E-state index in [4.69, 9.17) is 9.47 Å². The molecule has 2 aliphatic rings. The van der Waals surface area contributed by atoms with Gasteiger partial charge in [0, 0.05) is 44.9 Å². The van der Waals surface area contributed by atoms with Gasteiger partial charge >= 0.3 is 0 Å². The lowest BCUT2D eigenvalue weighted by atomic mass is 10.2. The van der Waals surface area contributed by atoms with Gasteiger partial charge in [0.2, 0.25) is 5.91 Å². The third-order valence-electron chi connectivity index (χ3n) is 5.52. The SMILES string of the molecule is CCC(=O)N1CCCN(C(=O)c2cnn(CCO[C@@H]3CCCCO3)c2C)CC1. The van der Waals surface area contributed by atoms with Crippen molar-refractivity contribution in [1.82, 2.24) is 19.6 Å². The molecule has 2 aliphatic heterocycles. The van der Waals surface area contributed by atoms with E-state index < -0.39 is 0 Å². The lowest BCUT2D eigenvalue weighted by Gasteiger charge is -2.23. The Kier molecular flexibility index (Phi) is 7.44. The number of ether oxygens (including phenoxy) is 2. The molecule has 8 nitrogen and oxygen atoms in total. The number of nitrogens with zero attached hydrogens (tertiary/aromatic N) is 4. The lowest BCUT2D eigenvalue weighted by molar-refractivity contribution is -0.163. The first-order valence-corrected chi connectivity index (χ1v) is 10.4. The maximum atomic E-state index is 13.0. The van der Waals surface area contributed by atoms with Crippen LogP contribution in [0.4, 0.5) is 0 Å². The summed E-state index contributed by atoms with van der Waals surface area (Å²) < 4.78 is 13.2. The molecule has 0 radical (unpaired) electrons. The quantitative estimate of drug-likeness (QED) is 0.738. The first-order valence-electron chi connectivity index (χ1n) is 10.4. The summed E-state index contributed by atoms with van der Waals surface area (Å²) in [7, 11) is 0. The predicted molar refractivity (Wildman–Crippen MR) is 104 cm³/mol. The Hall–Kier alpha value is -1.93. The number of hydrogen-bond donors (Lipinski definition) is 0. The average molecular weight is 393 g/mol. The zero-order valence-electron chi connectivity index (χ0n) is 17.1. The highest BCUT2D eigenvalue weighted by Crippen LogP contribution is 2.16. The Morgan fingerprint density at radius 2 is 1.96 bits per heavy atom. The van der Waals surface area contributed by atoms with E-state index in [0.717, 1.165) is 44.5 Å². The van der Waals surface area contributed by atoms with Gasteiger partial charge < -0.3 is 19.3 Å². The van der Waals surface area contributed by atoms with Crippen molar-refractivity contribution in [2.45, 2.75) is 58.8 Å². The fourth-order valence-electron chi connectivity index (χ4n) is 3.76. The summed E-state index contributed by atoms with van der Waals surface area (Å²) in [5.41, 5.74) is 1.48. The van der Waals surface area contributed by atoms with E-state index in [0.29, 0.717) is 44.8 Å². The van der Waals surface area contributed by atoms with Gasteiger partial charge in [-0.1, -0.05) is 6.92 Å². The monoisotopic (exact) mass is 392 g/mol. The number of aromatic nitrogens is 2. The molecule has 8 heteroatoms. The Labute approximate surface area is 166 Å².